The summed E-state index contributed by atoms with van der Waals surface area (Å²) in [6.45, 7) is 5.04. The van der Waals surface area contributed by atoms with Crippen LogP contribution in [0, 0.1) is 0 Å². The Kier molecular flexibility index (Phi) is 4.88. The largest absolute Gasteiger partial charge is 0.508 e. The third-order valence-corrected chi connectivity index (χ3v) is 5.75. The van der Waals surface area contributed by atoms with E-state index in [4.69, 9.17) is 9.47 Å². The van der Waals surface area contributed by atoms with E-state index in [2.05, 4.69) is 24.1 Å². The Bertz CT molecular complexity index is 939. The van der Waals surface area contributed by atoms with Gasteiger partial charge in [0.2, 0.25) is 0 Å². The summed E-state index contributed by atoms with van der Waals surface area (Å²) in [6.07, 6.45) is -0.0538. The zero-order valence-electron chi connectivity index (χ0n) is 16.9. The molecule has 2 heterocycles. The highest BCUT2D eigenvalue weighted by atomic mass is 16.5. The predicted octanol–water partition coefficient (Wildman–Crippen LogP) is 2.60. The molecule has 4 rings (SSSR count). The maximum atomic E-state index is 11.6. The summed E-state index contributed by atoms with van der Waals surface area (Å²) in [5.74, 6) is 1.05. The second-order valence-corrected chi connectivity index (χ2v) is 8.24. The summed E-state index contributed by atoms with van der Waals surface area (Å²) in [4.78, 5) is 13.8. The molecule has 2 aliphatic heterocycles. The van der Waals surface area contributed by atoms with Crippen LogP contribution in [-0.2, 0) is 17.8 Å². The van der Waals surface area contributed by atoms with Gasteiger partial charge in [-0.2, -0.15) is 0 Å². The maximum Gasteiger partial charge on any atom is 0.262 e. The number of phenolic OH excluding ortho intramolecular Hbond substituents is 1. The number of phenols is 1. The molecule has 1 amide bonds. The number of anilines is 1. The van der Waals surface area contributed by atoms with Crippen molar-refractivity contribution in [3.8, 4) is 17.2 Å². The molecule has 0 saturated carbocycles. The molecule has 7 nitrogen and oxygen atoms in total. The van der Waals surface area contributed by atoms with Crippen LogP contribution >= 0.6 is 0 Å². The maximum absolute atomic E-state index is 11.6. The van der Waals surface area contributed by atoms with Crippen molar-refractivity contribution < 1.29 is 24.5 Å². The number of aliphatic hydroxyl groups excluding tert-OH is 1. The fourth-order valence-corrected chi connectivity index (χ4v) is 4.17. The fourth-order valence-electron chi connectivity index (χ4n) is 4.17. The standard InChI is InChI=1S/C22H26N2O5/c1-22(2,9-13-4-6-14(28-3)7-5-13)24-10-15-17(25)8-16-21(20(15)18(26)11-24)29-12-19(27)23-16/h4-8,18,25-26H,9-12H2,1-3H3,(H,23,27). The summed E-state index contributed by atoms with van der Waals surface area (Å²) in [5.41, 5.74) is 2.52. The average Bonchev–Trinajstić information content (AvgIpc) is 2.68. The van der Waals surface area contributed by atoms with E-state index in [-0.39, 0.29) is 23.8 Å². The van der Waals surface area contributed by atoms with Crippen molar-refractivity contribution in [1.82, 2.24) is 4.90 Å². The Balaban J connectivity index is 1.61. The number of methoxy groups -OCH3 is 1. The Hall–Kier alpha value is -2.77. The minimum Gasteiger partial charge on any atom is -0.508 e. The molecule has 29 heavy (non-hydrogen) atoms. The third kappa shape index (κ3) is 3.63. The lowest BCUT2D eigenvalue weighted by Crippen LogP contribution is -2.49. The highest BCUT2D eigenvalue weighted by Crippen LogP contribution is 2.46. The zero-order valence-corrected chi connectivity index (χ0v) is 16.9. The molecule has 0 aromatic heterocycles. The van der Waals surface area contributed by atoms with Crippen LogP contribution in [0.3, 0.4) is 0 Å². The van der Waals surface area contributed by atoms with Crippen LogP contribution in [0.15, 0.2) is 30.3 Å². The van der Waals surface area contributed by atoms with Crippen LogP contribution in [0.2, 0.25) is 0 Å². The molecule has 2 aliphatic rings. The first-order valence-electron chi connectivity index (χ1n) is 9.66. The molecule has 2 aromatic rings. The first kappa shape index (κ1) is 19.5. The number of ether oxygens (including phenoxy) is 2. The van der Waals surface area contributed by atoms with Gasteiger partial charge in [-0.15, -0.1) is 0 Å². The lowest BCUT2D eigenvalue weighted by Gasteiger charge is -2.44. The van der Waals surface area contributed by atoms with Crippen molar-refractivity contribution in [1.29, 1.82) is 0 Å². The normalized spacial score (nSPS) is 19.0. The molecule has 0 saturated heterocycles. The molecule has 3 N–H and O–H groups in total. The van der Waals surface area contributed by atoms with Crippen molar-refractivity contribution in [2.75, 3.05) is 25.6 Å². The van der Waals surface area contributed by atoms with Gasteiger partial charge < -0.3 is 25.0 Å². The van der Waals surface area contributed by atoms with Crippen molar-refractivity contribution in [2.45, 2.75) is 38.5 Å². The van der Waals surface area contributed by atoms with E-state index in [9.17, 15) is 15.0 Å². The van der Waals surface area contributed by atoms with Gasteiger partial charge in [0.25, 0.3) is 5.91 Å². The third-order valence-electron chi connectivity index (χ3n) is 5.75. The van der Waals surface area contributed by atoms with Crippen LogP contribution in [0.1, 0.15) is 36.6 Å². The first-order chi connectivity index (χ1) is 13.8. The molecule has 154 valence electrons. The molecular formula is C22H26N2O5. The van der Waals surface area contributed by atoms with Gasteiger partial charge in [-0.05, 0) is 38.0 Å². The van der Waals surface area contributed by atoms with Crippen molar-refractivity contribution >= 4 is 11.6 Å². The molecule has 0 aliphatic carbocycles. The van der Waals surface area contributed by atoms with Crippen molar-refractivity contribution in [3.05, 3.63) is 47.0 Å². The Morgan fingerprint density at radius 1 is 1.31 bits per heavy atom. The molecule has 0 fully saturated rings. The number of nitrogens with one attached hydrogen (secondary N) is 1. The number of rotatable bonds is 4. The van der Waals surface area contributed by atoms with Gasteiger partial charge >= 0.3 is 0 Å². The zero-order chi connectivity index (χ0) is 20.8. The van der Waals surface area contributed by atoms with Gasteiger partial charge in [-0.25, -0.2) is 0 Å². The number of amides is 1. The monoisotopic (exact) mass is 398 g/mol. The van der Waals surface area contributed by atoms with E-state index in [1.807, 2.05) is 24.3 Å². The van der Waals surface area contributed by atoms with Crippen molar-refractivity contribution in [2.24, 2.45) is 0 Å². The van der Waals surface area contributed by atoms with Gasteiger partial charge in [0.05, 0.1) is 18.9 Å². The van der Waals surface area contributed by atoms with Crippen LogP contribution in [0.25, 0.3) is 0 Å². The van der Waals surface area contributed by atoms with Crippen LogP contribution in [-0.4, -0.2) is 46.8 Å². The number of hydrogen-bond donors (Lipinski definition) is 3. The quantitative estimate of drug-likeness (QED) is 0.733. The molecule has 7 heteroatoms. The van der Waals surface area contributed by atoms with Gasteiger partial charge in [-0.1, -0.05) is 12.1 Å². The minimum absolute atomic E-state index is 0.0496. The Morgan fingerprint density at radius 3 is 2.72 bits per heavy atom. The first-order valence-corrected chi connectivity index (χ1v) is 9.66. The van der Waals surface area contributed by atoms with E-state index < -0.39 is 6.10 Å². The molecule has 0 spiro atoms. The summed E-state index contributed by atoms with van der Waals surface area (Å²) < 4.78 is 10.8. The number of β-amino-alcohol motifs (C(OH)–C–C–N with tert-alkyl or cyclic N) is 1. The highest BCUT2D eigenvalue weighted by molar-refractivity contribution is 5.96. The number of fused-ring (bicyclic) bond motifs is 3. The lowest BCUT2D eigenvalue weighted by molar-refractivity contribution is -0.118. The number of benzene rings is 2. The van der Waals surface area contributed by atoms with E-state index in [0.29, 0.717) is 35.7 Å². The van der Waals surface area contributed by atoms with Crippen LogP contribution in [0.5, 0.6) is 17.2 Å². The number of hydrogen-bond acceptors (Lipinski definition) is 6. The number of aliphatic hydroxyl groups is 1. The average molecular weight is 398 g/mol. The van der Waals surface area contributed by atoms with Crippen LogP contribution < -0.4 is 14.8 Å². The predicted molar refractivity (Wildman–Crippen MR) is 108 cm³/mol. The Labute approximate surface area is 169 Å². The number of nitrogens with zero attached hydrogens (tertiary/aromatic N) is 1. The second-order valence-electron chi connectivity index (χ2n) is 8.24. The molecule has 0 bridgehead atoms. The number of carbonyl (C=O) groups is 1. The van der Waals surface area contributed by atoms with Gasteiger partial charge in [-0.3, -0.25) is 9.69 Å². The Morgan fingerprint density at radius 2 is 2.03 bits per heavy atom. The smallest absolute Gasteiger partial charge is 0.262 e. The molecular weight excluding hydrogens is 372 g/mol. The fraction of sp³-hybridized carbons (Fsp3) is 0.409. The van der Waals surface area contributed by atoms with E-state index in [1.165, 1.54) is 6.07 Å². The van der Waals surface area contributed by atoms with E-state index in [1.54, 1.807) is 7.11 Å². The summed E-state index contributed by atoms with van der Waals surface area (Å²) in [7, 11) is 1.64. The topological polar surface area (TPSA) is 91.3 Å². The van der Waals surface area contributed by atoms with Crippen molar-refractivity contribution in [3.63, 3.8) is 0 Å². The lowest BCUT2D eigenvalue weighted by atomic mass is 9.87. The molecule has 0 radical (unpaired) electrons. The SMILES string of the molecule is COc1ccc(CC(C)(C)N2Cc3c(O)cc4c(c3C(O)C2)OCC(=O)N4)cc1. The second kappa shape index (κ2) is 7.24. The number of aromatic hydroxyl groups is 1. The van der Waals surface area contributed by atoms with Crippen LogP contribution in [0.4, 0.5) is 5.69 Å². The number of carbonyl (C=O) groups excluding carboxylic acids is 1. The van der Waals surface area contributed by atoms with Gasteiger partial charge in [0, 0.05) is 35.8 Å². The highest BCUT2D eigenvalue weighted by Gasteiger charge is 2.38. The van der Waals surface area contributed by atoms with Gasteiger partial charge in [0.1, 0.15) is 17.2 Å². The van der Waals surface area contributed by atoms with Gasteiger partial charge in [0.15, 0.2) is 6.61 Å². The molecule has 1 unspecified atom stereocenters. The molecule has 1 atom stereocenters. The summed E-state index contributed by atoms with van der Waals surface area (Å²) >= 11 is 0. The summed E-state index contributed by atoms with van der Waals surface area (Å²) in [6, 6.07) is 9.46. The summed E-state index contributed by atoms with van der Waals surface area (Å²) in [5, 5.41) is 24.2. The molecule has 2 aromatic carbocycles. The van der Waals surface area contributed by atoms with E-state index >= 15 is 0 Å². The van der Waals surface area contributed by atoms with E-state index in [0.717, 1.165) is 17.7 Å². The minimum atomic E-state index is -0.829.